The van der Waals surface area contributed by atoms with Crippen LogP contribution in [0.25, 0.3) is 11.4 Å². The van der Waals surface area contributed by atoms with Gasteiger partial charge in [-0.2, -0.15) is 0 Å². The fraction of sp³-hybridized carbons (Fsp3) is 0.136. The number of nitro groups is 1. The molecule has 4 aromatic rings. The highest BCUT2D eigenvalue weighted by Gasteiger charge is 2.17. The van der Waals surface area contributed by atoms with Gasteiger partial charge >= 0.3 is 0 Å². The number of thioether (sulfide) groups is 2. The van der Waals surface area contributed by atoms with E-state index in [1.165, 1.54) is 47.0 Å². The smallest absolute Gasteiger partial charge is 0.269 e. The molecule has 0 atom stereocenters. The van der Waals surface area contributed by atoms with E-state index < -0.39 is 4.92 Å². The largest absolute Gasteiger partial charge is 0.300 e. The van der Waals surface area contributed by atoms with E-state index in [4.69, 9.17) is 23.2 Å². The minimum Gasteiger partial charge on any atom is -0.300 e. The van der Waals surface area contributed by atoms with Crippen molar-refractivity contribution in [1.82, 2.24) is 25.0 Å². The Bertz CT molecular complexity index is 1440. The highest BCUT2D eigenvalue weighted by molar-refractivity contribution is 8.00. The molecule has 0 unspecified atom stereocenters. The number of carbonyl (C=O) groups excluding carboxylic acids is 1. The first kappa shape index (κ1) is 27.1. The molecule has 0 aliphatic heterocycles. The minimum atomic E-state index is -0.465. The molecule has 190 valence electrons. The number of halogens is 2. The number of allylic oxidation sites excluding steroid dienone is 1. The summed E-state index contributed by atoms with van der Waals surface area (Å²) in [5.41, 5.74) is 1.64. The van der Waals surface area contributed by atoms with Gasteiger partial charge in [0, 0.05) is 30.0 Å². The van der Waals surface area contributed by atoms with E-state index in [1.54, 1.807) is 34.9 Å². The zero-order chi connectivity index (χ0) is 26.4. The van der Waals surface area contributed by atoms with Crippen molar-refractivity contribution >= 4 is 74.8 Å². The number of non-ortho nitro benzene ring substituents is 1. The minimum absolute atomic E-state index is 0.0163. The van der Waals surface area contributed by atoms with Gasteiger partial charge in [-0.3, -0.25) is 24.8 Å². The Morgan fingerprint density at radius 2 is 1.89 bits per heavy atom. The second-order valence-corrected chi connectivity index (χ2v) is 11.2. The molecular weight excluding hydrogens is 577 g/mol. The normalized spacial score (nSPS) is 10.9. The van der Waals surface area contributed by atoms with Crippen LogP contribution in [-0.4, -0.2) is 41.5 Å². The number of amides is 1. The van der Waals surface area contributed by atoms with Crippen LogP contribution in [0, 0.1) is 10.1 Å². The lowest BCUT2D eigenvalue weighted by molar-refractivity contribution is -0.384. The summed E-state index contributed by atoms with van der Waals surface area (Å²) in [6.07, 6.45) is 1.68. The molecule has 1 amide bonds. The third-order valence-electron chi connectivity index (χ3n) is 4.70. The molecule has 10 nitrogen and oxygen atoms in total. The van der Waals surface area contributed by atoms with Crippen LogP contribution in [-0.2, 0) is 17.1 Å². The van der Waals surface area contributed by atoms with Gasteiger partial charge in [0.15, 0.2) is 15.3 Å². The molecule has 2 heterocycles. The van der Waals surface area contributed by atoms with Crippen molar-refractivity contribution in [3.63, 3.8) is 0 Å². The zero-order valence-electron chi connectivity index (χ0n) is 18.8. The van der Waals surface area contributed by atoms with E-state index in [2.05, 4.69) is 32.3 Å². The topological polar surface area (TPSA) is 129 Å². The molecule has 2 aromatic heterocycles. The second kappa shape index (κ2) is 12.5. The van der Waals surface area contributed by atoms with Crippen molar-refractivity contribution in [3.8, 4) is 11.4 Å². The molecule has 0 aliphatic rings. The summed E-state index contributed by atoms with van der Waals surface area (Å²) in [5.74, 6) is 0.949. The number of benzene rings is 2. The molecule has 0 aliphatic carbocycles. The van der Waals surface area contributed by atoms with Gasteiger partial charge in [0.05, 0.1) is 20.7 Å². The number of aromatic nitrogens is 5. The Labute approximate surface area is 233 Å². The van der Waals surface area contributed by atoms with E-state index in [9.17, 15) is 14.9 Å². The van der Waals surface area contributed by atoms with Crippen molar-refractivity contribution < 1.29 is 9.72 Å². The van der Waals surface area contributed by atoms with Crippen molar-refractivity contribution in [2.45, 2.75) is 21.8 Å². The number of hydrogen-bond acceptors (Lipinski definition) is 10. The number of nitrogens with one attached hydrogen (secondary N) is 1. The number of carbonyl (C=O) groups is 1. The van der Waals surface area contributed by atoms with Crippen LogP contribution in [0.4, 0.5) is 10.8 Å². The molecule has 0 saturated heterocycles. The summed E-state index contributed by atoms with van der Waals surface area (Å²) < 4.78 is 2.49. The monoisotopic (exact) mass is 593 g/mol. The maximum absolute atomic E-state index is 12.5. The fourth-order valence-corrected chi connectivity index (χ4v) is 5.79. The van der Waals surface area contributed by atoms with Crippen LogP contribution < -0.4 is 5.32 Å². The summed E-state index contributed by atoms with van der Waals surface area (Å²) in [5, 5.41) is 32.1. The fourth-order valence-electron chi connectivity index (χ4n) is 3.01. The third kappa shape index (κ3) is 7.08. The van der Waals surface area contributed by atoms with Gasteiger partial charge in [0.2, 0.25) is 11.0 Å². The van der Waals surface area contributed by atoms with Crippen molar-refractivity contribution in [2.24, 2.45) is 0 Å². The number of rotatable bonds is 11. The van der Waals surface area contributed by atoms with Crippen molar-refractivity contribution in [2.75, 3.05) is 11.1 Å². The molecule has 37 heavy (non-hydrogen) atoms. The number of anilines is 1. The van der Waals surface area contributed by atoms with E-state index in [1.807, 2.05) is 6.07 Å². The molecule has 4 rings (SSSR count). The van der Waals surface area contributed by atoms with Gasteiger partial charge in [-0.1, -0.05) is 70.2 Å². The molecule has 2 aromatic carbocycles. The number of hydrogen-bond donors (Lipinski definition) is 1. The standard InChI is InChI=1S/C22H17Cl2N7O3S3/c1-2-9-30-19(14-4-6-15(7-5-14)31(33)34)26-28-21(30)35-12-18(32)25-20-27-29-22(37-20)36-11-13-3-8-16(23)17(24)10-13/h2-8,10H,1,9,11-12H2,(H,25,27,32). The van der Waals surface area contributed by atoms with Gasteiger partial charge in [0.1, 0.15) is 0 Å². The lowest BCUT2D eigenvalue weighted by Crippen LogP contribution is -2.14. The van der Waals surface area contributed by atoms with Crippen molar-refractivity contribution in [3.05, 3.63) is 80.8 Å². The first-order valence-corrected chi connectivity index (χ1v) is 14.0. The maximum Gasteiger partial charge on any atom is 0.269 e. The Morgan fingerprint density at radius 1 is 1.11 bits per heavy atom. The Kier molecular flexibility index (Phi) is 9.16. The van der Waals surface area contributed by atoms with E-state index in [0.717, 1.165) is 5.56 Å². The Hall–Kier alpha value is -2.97. The van der Waals surface area contributed by atoms with Crippen LogP contribution in [0.5, 0.6) is 0 Å². The predicted molar refractivity (Wildman–Crippen MR) is 148 cm³/mol. The van der Waals surface area contributed by atoms with Crippen LogP contribution >= 0.6 is 58.1 Å². The van der Waals surface area contributed by atoms with Gasteiger partial charge < -0.3 is 0 Å². The van der Waals surface area contributed by atoms with Crippen LogP contribution in [0.2, 0.25) is 10.0 Å². The van der Waals surface area contributed by atoms with E-state index >= 15 is 0 Å². The van der Waals surface area contributed by atoms with Gasteiger partial charge in [-0.05, 0) is 29.8 Å². The average Bonchev–Trinajstić information content (AvgIpc) is 3.50. The van der Waals surface area contributed by atoms with E-state index in [-0.39, 0.29) is 17.3 Å². The molecular formula is C22H17Cl2N7O3S3. The number of nitrogens with zero attached hydrogens (tertiary/aromatic N) is 6. The highest BCUT2D eigenvalue weighted by Crippen LogP contribution is 2.31. The second-order valence-electron chi connectivity index (χ2n) is 7.26. The molecule has 0 bridgehead atoms. The lowest BCUT2D eigenvalue weighted by atomic mass is 10.2. The highest BCUT2D eigenvalue weighted by atomic mass is 35.5. The van der Waals surface area contributed by atoms with Gasteiger partial charge in [-0.15, -0.1) is 27.0 Å². The molecule has 0 radical (unpaired) electrons. The summed E-state index contributed by atoms with van der Waals surface area (Å²) in [4.78, 5) is 23.0. The third-order valence-corrected chi connectivity index (χ3v) is 8.45. The molecule has 0 spiro atoms. The van der Waals surface area contributed by atoms with Gasteiger partial charge in [0.25, 0.3) is 5.69 Å². The van der Waals surface area contributed by atoms with Crippen molar-refractivity contribution in [1.29, 1.82) is 0 Å². The summed E-state index contributed by atoms with van der Waals surface area (Å²) >= 11 is 16.0. The predicted octanol–water partition coefficient (Wildman–Crippen LogP) is 6.22. The Morgan fingerprint density at radius 3 is 2.59 bits per heavy atom. The van der Waals surface area contributed by atoms with Crippen LogP contribution in [0.1, 0.15) is 5.56 Å². The summed E-state index contributed by atoms with van der Waals surface area (Å²) in [6, 6.07) is 11.5. The maximum atomic E-state index is 12.5. The zero-order valence-corrected chi connectivity index (χ0v) is 22.8. The molecule has 1 N–H and O–H groups in total. The van der Waals surface area contributed by atoms with Crippen LogP contribution in [0.15, 0.2) is 64.6 Å². The first-order valence-electron chi connectivity index (χ1n) is 10.5. The lowest BCUT2D eigenvalue weighted by Gasteiger charge is -2.07. The summed E-state index contributed by atoms with van der Waals surface area (Å²) in [7, 11) is 0. The SMILES string of the molecule is C=CCn1c(SCC(=O)Nc2nnc(SCc3ccc(Cl)c(Cl)c3)s2)nnc1-c1ccc([N+](=O)[O-])cc1. The number of nitro benzene ring substituents is 1. The van der Waals surface area contributed by atoms with E-state index in [0.29, 0.717) is 48.4 Å². The summed E-state index contributed by atoms with van der Waals surface area (Å²) in [6.45, 7) is 4.16. The average molecular weight is 595 g/mol. The quantitative estimate of drug-likeness (QED) is 0.0707. The first-order chi connectivity index (χ1) is 17.8. The molecule has 0 fully saturated rings. The molecule has 0 saturated carbocycles. The van der Waals surface area contributed by atoms with Crippen LogP contribution in [0.3, 0.4) is 0 Å². The Balaban J connectivity index is 1.34. The van der Waals surface area contributed by atoms with Gasteiger partial charge in [-0.25, -0.2) is 0 Å². The molecule has 15 heteroatoms.